The molecule has 1 aromatic carbocycles. The topological polar surface area (TPSA) is 41.6 Å². The van der Waals surface area contributed by atoms with E-state index in [2.05, 4.69) is 25.2 Å². The molecule has 2 heterocycles. The Morgan fingerprint density at radius 1 is 1.23 bits per heavy atom. The molecule has 0 aromatic heterocycles. The molecule has 2 aliphatic heterocycles. The number of nitrogens with one attached hydrogen (secondary N) is 1. The van der Waals surface area contributed by atoms with Crippen LogP contribution in [-0.2, 0) is 4.79 Å². The summed E-state index contributed by atoms with van der Waals surface area (Å²) in [5.74, 6) is 2.61. The van der Waals surface area contributed by atoms with E-state index in [-0.39, 0.29) is 5.91 Å². The average Bonchev–Trinajstić information content (AvgIpc) is 3.07. The van der Waals surface area contributed by atoms with E-state index >= 15 is 0 Å². The molecule has 2 aliphatic rings. The largest absolute Gasteiger partial charge is 0.481 e. The van der Waals surface area contributed by atoms with Crippen LogP contribution in [0.3, 0.4) is 0 Å². The van der Waals surface area contributed by atoms with Crippen LogP contribution in [0.4, 0.5) is 0 Å². The third kappa shape index (κ3) is 3.12. The summed E-state index contributed by atoms with van der Waals surface area (Å²) in [6.45, 7) is 10.00. The van der Waals surface area contributed by atoms with Gasteiger partial charge in [-0.15, -0.1) is 0 Å². The highest BCUT2D eigenvalue weighted by molar-refractivity contribution is 5.81. The molecule has 2 saturated heterocycles. The van der Waals surface area contributed by atoms with E-state index < -0.39 is 6.10 Å². The summed E-state index contributed by atoms with van der Waals surface area (Å²) in [6.07, 6.45) is -0.422. The van der Waals surface area contributed by atoms with Crippen LogP contribution < -0.4 is 10.1 Å². The zero-order valence-electron chi connectivity index (χ0n) is 13.7. The third-order valence-electron chi connectivity index (χ3n) is 4.89. The summed E-state index contributed by atoms with van der Waals surface area (Å²) in [6, 6.07) is 8.06. The molecule has 4 nitrogen and oxygen atoms in total. The van der Waals surface area contributed by atoms with Crippen molar-refractivity contribution in [2.24, 2.45) is 11.8 Å². The number of hydrogen-bond acceptors (Lipinski definition) is 3. The van der Waals surface area contributed by atoms with Crippen molar-refractivity contribution in [3.63, 3.8) is 0 Å². The van der Waals surface area contributed by atoms with E-state index in [1.165, 1.54) is 5.56 Å². The molecule has 0 bridgehead atoms. The summed E-state index contributed by atoms with van der Waals surface area (Å²) in [5.41, 5.74) is 1.24. The Labute approximate surface area is 132 Å². The number of rotatable bonds is 4. The Morgan fingerprint density at radius 2 is 1.91 bits per heavy atom. The maximum atomic E-state index is 12.6. The molecule has 4 heteroatoms. The standard InChI is InChI=1S/C18H26N2O2/c1-12(2)14-5-4-6-17(7-14)22-13(3)18(21)20-10-15-8-19-9-16(15)11-20/h4-7,12-13,15-16,19H,8-11H2,1-3H3/t13?,15-,16+. The second kappa shape index (κ2) is 6.29. The highest BCUT2D eigenvalue weighted by Gasteiger charge is 2.39. The summed E-state index contributed by atoms with van der Waals surface area (Å²) >= 11 is 0. The molecule has 1 unspecified atom stereocenters. The van der Waals surface area contributed by atoms with Crippen LogP contribution in [0.25, 0.3) is 0 Å². The minimum absolute atomic E-state index is 0.115. The fraction of sp³-hybridized carbons (Fsp3) is 0.611. The molecule has 0 radical (unpaired) electrons. The van der Waals surface area contributed by atoms with Gasteiger partial charge in [-0.05, 0) is 42.4 Å². The van der Waals surface area contributed by atoms with Crippen LogP contribution in [0, 0.1) is 11.8 Å². The molecule has 1 N–H and O–H groups in total. The maximum Gasteiger partial charge on any atom is 0.263 e. The molecule has 0 aliphatic carbocycles. The Bertz CT molecular complexity index is 532. The maximum absolute atomic E-state index is 12.6. The van der Waals surface area contributed by atoms with Gasteiger partial charge in [0.05, 0.1) is 0 Å². The SMILES string of the molecule is CC(Oc1cccc(C(C)C)c1)C(=O)N1C[C@H]2CNC[C@H]2C1. The van der Waals surface area contributed by atoms with Gasteiger partial charge in [-0.2, -0.15) is 0 Å². The Morgan fingerprint density at radius 3 is 2.55 bits per heavy atom. The van der Waals surface area contributed by atoms with Crippen LogP contribution in [0.2, 0.25) is 0 Å². The monoisotopic (exact) mass is 302 g/mol. The van der Waals surface area contributed by atoms with E-state index in [4.69, 9.17) is 4.74 Å². The van der Waals surface area contributed by atoms with Gasteiger partial charge >= 0.3 is 0 Å². The Hall–Kier alpha value is -1.55. The third-order valence-corrected chi connectivity index (χ3v) is 4.89. The highest BCUT2D eigenvalue weighted by Crippen LogP contribution is 2.27. The number of amides is 1. The Balaban J connectivity index is 1.60. The number of carbonyl (C=O) groups excluding carboxylic acids is 1. The lowest BCUT2D eigenvalue weighted by Crippen LogP contribution is -2.40. The number of likely N-dealkylation sites (tertiary alicyclic amines) is 1. The minimum atomic E-state index is -0.422. The molecule has 3 rings (SSSR count). The Kier molecular flexibility index (Phi) is 4.39. The van der Waals surface area contributed by atoms with Crippen molar-refractivity contribution in [1.82, 2.24) is 10.2 Å². The van der Waals surface area contributed by atoms with Crippen molar-refractivity contribution in [2.75, 3.05) is 26.2 Å². The lowest BCUT2D eigenvalue weighted by atomic mass is 10.0. The number of ether oxygens (including phenoxy) is 1. The van der Waals surface area contributed by atoms with Gasteiger partial charge in [0.1, 0.15) is 5.75 Å². The fourth-order valence-electron chi connectivity index (χ4n) is 3.49. The van der Waals surface area contributed by atoms with Crippen molar-refractivity contribution in [3.05, 3.63) is 29.8 Å². The van der Waals surface area contributed by atoms with E-state index in [1.54, 1.807) is 0 Å². The normalized spacial score (nSPS) is 25.4. The summed E-state index contributed by atoms with van der Waals surface area (Å²) in [7, 11) is 0. The predicted octanol–water partition coefficient (Wildman–Crippen LogP) is 2.26. The highest BCUT2D eigenvalue weighted by atomic mass is 16.5. The van der Waals surface area contributed by atoms with Crippen molar-refractivity contribution in [3.8, 4) is 5.75 Å². The first-order chi connectivity index (χ1) is 10.5. The molecule has 0 saturated carbocycles. The van der Waals surface area contributed by atoms with Gasteiger partial charge in [-0.1, -0.05) is 26.0 Å². The average molecular weight is 302 g/mol. The lowest BCUT2D eigenvalue weighted by molar-refractivity contribution is -0.137. The number of fused-ring (bicyclic) bond motifs is 1. The molecule has 2 fully saturated rings. The van der Waals surface area contributed by atoms with Crippen molar-refractivity contribution in [2.45, 2.75) is 32.8 Å². The van der Waals surface area contributed by atoms with Crippen molar-refractivity contribution >= 4 is 5.91 Å². The quantitative estimate of drug-likeness (QED) is 0.927. The number of benzene rings is 1. The zero-order chi connectivity index (χ0) is 15.7. The van der Waals surface area contributed by atoms with Gasteiger partial charge in [0.15, 0.2) is 6.10 Å². The minimum Gasteiger partial charge on any atom is -0.481 e. The predicted molar refractivity (Wildman–Crippen MR) is 87.1 cm³/mol. The first kappa shape index (κ1) is 15.3. The molecular formula is C18H26N2O2. The van der Waals surface area contributed by atoms with Crippen LogP contribution in [0.5, 0.6) is 5.75 Å². The molecule has 1 amide bonds. The molecular weight excluding hydrogens is 276 g/mol. The van der Waals surface area contributed by atoms with E-state index in [1.807, 2.05) is 30.0 Å². The molecule has 1 aromatic rings. The first-order valence-electron chi connectivity index (χ1n) is 8.30. The van der Waals surface area contributed by atoms with E-state index in [0.717, 1.165) is 31.9 Å². The van der Waals surface area contributed by atoms with E-state index in [0.29, 0.717) is 17.8 Å². The lowest BCUT2D eigenvalue weighted by Gasteiger charge is -2.23. The van der Waals surface area contributed by atoms with Crippen LogP contribution in [0.15, 0.2) is 24.3 Å². The molecule has 3 atom stereocenters. The fourth-order valence-corrected chi connectivity index (χ4v) is 3.49. The number of carbonyl (C=O) groups is 1. The number of hydrogen-bond donors (Lipinski definition) is 1. The molecule has 22 heavy (non-hydrogen) atoms. The van der Waals surface area contributed by atoms with Gasteiger partial charge in [-0.3, -0.25) is 4.79 Å². The van der Waals surface area contributed by atoms with Gasteiger partial charge in [0.25, 0.3) is 5.91 Å². The first-order valence-corrected chi connectivity index (χ1v) is 8.30. The van der Waals surface area contributed by atoms with E-state index in [9.17, 15) is 4.79 Å². The van der Waals surface area contributed by atoms with Crippen LogP contribution >= 0.6 is 0 Å². The molecule has 0 spiro atoms. The number of nitrogens with zero attached hydrogens (tertiary/aromatic N) is 1. The van der Waals surface area contributed by atoms with Crippen LogP contribution in [0.1, 0.15) is 32.3 Å². The van der Waals surface area contributed by atoms with Gasteiger partial charge in [-0.25, -0.2) is 0 Å². The van der Waals surface area contributed by atoms with Crippen LogP contribution in [-0.4, -0.2) is 43.1 Å². The molecule has 120 valence electrons. The second-order valence-corrected chi connectivity index (χ2v) is 6.91. The zero-order valence-corrected chi connectivity index (χ0v) is 13.7. The summed E-state index contributed by atoms with van der Waals surface area (Å²) in [4.78, 5) is 14.6. The van der Waals surface area contributed by atoms with Gasteiger partial charge in [0, 0.05) is 26.2 Å². The van der Waals surface area contributed by atoms with Crippen molar-refractivity contribution < 1.29 is 9.53 Å². The summed E-state index contributed by atoms with van der Waals surface area (Å²) in [5, 5.41) is 3.40. The van der Waals surface area contributed by atoms with Crippen molar-refractivity contribution in [1.29, 1.82) is 0 Å². The second-order valence-electron chi connectivity index (χ2n) is 6.91. The summed E-state index contributed by atoms with van der Waals surface area (Å²) < 4.78 is 5.89. The van der Waals surface area contributed by atoms with Gasteiger partial charge in [0.2, 0.25) is 0 Å². The van der Waals surface area contributed by atoms with Gasteiger partial charge < -0.3 is 15.0 Å². The smallest absolute Gasteiger partial charge is 0.263 e.